The Morgan fingerprint density at radius 2 is 1.29 bits per heavy atom. The van der Waals surface area contributed by atoms with Gasteiger partial charge in [0.15, 0.2) is 0 Å². The van der Waals surface area contributed by atoms with Gasteiger partial charge in [0, 0.05) is 0 Å². The van der Waals surface area contributed by atoms with Crippen molar-refractivity contribution in [2.24, 2.45) is 0 Å². The molecule has 4 rings (SSSR count). The largest absolute Gasteiger partial charge is 0.331 e. The van der Waals surface area contributed by atoms with E-state index < -0.39 is 41.6 Å². The van der Waals surface area contributed by atoms with Crippen molar-refractivity contribution in [2.75, 3.05) is 0 Å². The summed E-state index contributed by atoms with van der Waals surface area (Å²) in [5.41, 5.74) is 1.41. The second-order valence-electron chi connectivity index (χ2n) is 6.65. The quantitative estimate of drug-likeness (QED) is 0.625. The molecule has 2 aliphatic heterocycles. The lowest BCUT2D eigenvalue weighted by atomic mass is 9.95. The molecule has 0 aliphatic carbocycles. The molecule has 2 aromatic rings. The average Bonchev–Trinajstić information content (AvgIpc) is 2.72. The molecule has 10 nitrogen and oxygen atoms in total. The molecule has 158 valence electrons. The van der Waals surface area contributed by atoms with Gasteiger partial charge in [0.05, 0.1) is 6.54 Å². The lowest BCUT2D eigenvalue weighted by Gasteiger charge is -2.30. The van der Waals surface area contributed by atoms with Crippen LogP contribution in [0.25, 0.3) is 0 Å². The van der Waals surface area contributed by atoms with Gasteiger partial charge in [0.2, 0.25) is 23.6 Å². The first-order chi connectivity index (χ1) is 14.8. The number of barbiturate groups is 2. The van der Waals surface area contributed by atoms with Gasteiger partial charge in [0.25, 0.3) is 0 Å². The van der Waals surface area contributed by atoms with Crippen LogP contribution in [0.3, 0.4) is 0 Å². The summed E-state index contributed by atoms with van der Waals surface area (Å²) in [5, 5.41) is 6.06. The van der Waals surface area contributed by atoms with Gasteiger partial charge in [0.1, 0.15) is 12.3 Å². The number of amides is 8. The third-order valence-corrected chi connectivity index (χ3v) is 4.39. The average molecular weight is 422 g/mol. The summed E-state index contributed by atoms with van der Waals surface area (Å²) in [6.45, 7) is 0.141. The molecule has 2 fully saturated rings. The van der Waals surface area contributed by atoms with Gasteiger partial charge in [-0.15, -0.1) is 0 Å². The van der Waals surface area contributed by atoms with E-state index in [1.54, 1.807) is 24.3 Å². The monoisotopic (exact) mass is 422 g/mol. The van der Waals surface area contributed by atoms with Gasteiger partial charge < -0.3 is 0 Å². The lowest BCUT2D eigenvalue weighted by Crippen LogP contribution is -2.56. The molecule has 2 heterocycles. The third kappa shape index (κ3) is 5.38. The van der Waals surface area contributed by atoms with Crippen LogP contribution in [0.2, 0.25) is 0 Å². The van der Waals surface area contributed by atoms with Crippen molar-refractivity contribution < 1.29 is 28.8 Å². The number of urea groups is 2. The minimum atomic E-state index is -0.984. The number of hydrogen-bond acceptors (Lipinski definition) is 6. The summed E-state index contributed by atoms with van der Waals surface area (Å²) in [4.78, 5) is 68.5. The zero-order valence-electron chi connectivity index (χ0n) is 16.2. The van der Waals surface area contributed by atoms with Crippen molar-refractivity contribution in [2.45, 2.75) is 18.9 Å². The second kappa shape index (κ2) is 9.44. The third-order valence-electron chi connectivity index (χ3n) is 4.39. The molecular formula is C21H18N4O6. The van der Waals surface area contributed by atoms with Crippen LogP contribution in [0.5, 0.6) is 0 Å². The minimum Gasteiger partial charge on any atom is -0.277 e. The van der Waals surface area contributed by atoms with Crippen LogP contribution in [0, 0.1) is 0 Å². The summed E-state index contributed by atoms with van der Waals surface area (Å²) < 4.78 is 0. The van der Waals surface area contributed by atoms with Gasteiger partial charge in [-0.3, -0.25) is 40.0 Å². The topological polar surface area (TPSA) is 142 Å². The van der Waals surface area contributed by atoms with Crippen LogP contribution in [0.1, 0.15) is 23.5 Å². The first kappa shape index (κ1) is 21.4. The standard InChI is InChI=1S/C17H14N2O3.C4H4N2O3/c20-15-14(13-9-5-2-6-10-13)16(21)19(17(22)18-15)11-12-7-3-1-4-8-12;7-2-1-3(8)6-4(9)5-2/h1-10,14H,11H2,(H,18,20,22);1H2,(H2,5,6,7,8,9). The minimum absolute atomic E-state index is 0.141. The van der Waals surface area contributed by atoms with E-state index in [1.807, 2.05) is 47.0 Å². The highest BCUT2D eigenvalue weighted by atomic mass is 16.2. The highest BCUT2D eigenvalue weighted by molar-refractivity contribution is 6.19. The fraction of sp³-hybridized carbons (Fsp3) is 0.143. The Morgan fingerprint density at radius 3 is 1.84 bits per heavy atom. The Bertz CT molecular complexity index is 993. The van der Waals surface area contributed by atoms with Crippen molar-refractivity contribution in [3.8, 4) is 0 Å². The van der Waals surface area contributed by atoms with Crippen LogP contribution in [0.4, 0.5) is 9.59 Å². The summed E-state index contributed by atoms with van der Waals surface area (Å²) in [6, 6.07) is 16.5. The number of rotatable bonds is 3. The van der Waals surface area contributed by atoms with Crippen molar-refractivity contribution in [3.05, 3.63) is 71.8 Å². The van der Waals surface area contributed by atoms with Crippen LogP contribution < -0.4 is 16.0 Å². The Morgan fingerprint density at radius 1 is 0.742 bits per heavy atom. The fourth-order valence-electron chi connectivity index (χ4n) is 2.99. The molecule has 0 bridgehead atoms. The number of carbonyl (C=O) groups is 6. The normalized spacial score (nSPS) is 18.5. The molecule has 8 amide bonds. The Labute approximate surface area is 176 Å². The van der Waals surface area contributed by atoms with E-state index in [9.17, 15) is 28.8 Å². The van der Waals surface area contributed by atoms with Gasteiger partial charge in [-0.1, -0.05) is 60.7 Å². The summed E-state index contributed by atoms with van der Waals surface area (Å²) in [5.74, 6) is -3.16. The molecule has 10 heteroatoms. The molecule has 31 heavy (non-hydrogen) atoms. The molecule has 3 N–H and O–H groups in total. The van der Waals surface area contributed by atoms with Crippen molar-refractivity contribution in [1.82, 2.24) is 20.9 Å². The molecule has 1 unspecified atom stereocenters. The molecule has 0 radical (unpaired) electrons. The maximum atomic E-state index is 12.6. The molecule has 0 aromatic heterocycles. The van der Waals surface area contributed by atoms with E-state index in [0.29, 0.717) is 5.56 Å². The predicted octanol–water partition coefficient (Wildman–Crippen LogP) is 0.791. The molecule has 1 atom stereocenters. The van der Waals surface area contributed by atoms with Gasteiger partial charge in [-0.25, -0.2) is 9.59 Å². The zero-order chi connectivity index (χ0) is 22.4. The van der Waals surface area contributed by atoms with E-state index in [1.165, 1.54) is 0 Å². The van der Waals surface area contributed by atoms with Crippen molar-refractivity contribution in [1.29, 1.82) is 0 Å². The Kier molecular flexibility index (Phi) is 6.51. The number of imide groups is 4. The summed E-state index contributed by atoms with van der Waals surface area (Å²) in [7, 11) is 0. The molecule has 2 aliphatic rings. The number of nitrogens with zero attached hydrogens (tertiary/aromatic N) is 1. The summed E-state index contributed by atoms with van der Waals surface area (Å²) in [6.07, 6.45) is -0.258. The van der Waals surface area contributed by atoms with Gasteiger partial charge >= 0.3 is 12.1 Å². The number of benzene rings is 2. The Balaban J connectivity index is 0.000000254. The van der Waals surface area contributed by atoms with Crippen LogP contribution in [-0.2, 0) is 25.7 Å². The zero-order valence-corrected chi connectivity index (χ0v) is 16.2. The maximum absolute atomic E-state index is 12.6. The summed E-state index contributed by atoms with van der Waals surface area (Å²) >= 11 is 0. The predicted molar refractivity (Wildman–Crippen MR) is 106 cm³/mol. The van der Waals surface area contributed by atoms with Crippen LogP contribution >= 0.6 is 0 Å². The molecule has 0 spiro atoms. The molecule has 0 saturated carbocycles. The Hall–Kier alpha value is -4.34. The first-order valence-corrected chi connectivity index (χ1v) is 9.24. The maximum Gasteiger partial charge on any atom is 0.331 e. The molecule has 2 aromatic carbocycles. The van der Waals surface area contributed by atoms with Gasteiger partial charge in [-0.05, 0) is 11.1 Å². The molecule has 2 saturated heterocycles. The van der Waals surface area contributed by atoms with E-state index in [-0.39, 0.29) is 13.0 Å². The lowest BCUT2D eigenvalue weighted by molar-refractivity contribution is -0.139. The SMILES string of the molecule is O=C1CC(=O)NC(=O)N1.O=C1NC(=O)N(Cc2ccccc2)C(=O)C1c1ccccc1. The number of hydrogen-bond donors (Lipinski definition) is 3. The van der Waals surface area contributed by atoms with Gasteiger partial charge in [-0.2, -0.15) is 0 Å². The van der Waals surface area contributed by atoms with E-state index in [4.69, 9.17) is 0 Å². The van der Waals surface area contributed by atoms with Crippen LogP contribution in [-0.4, -0.2) is 40.6 Å². The first-order valence-electron chi connectivity index (χ1n) is 9.24. The van der Waals surface area contributed by atoms with E-state index in [2.05, 4.69) is 5.32 Å². The number of nitrogens with one attached hydrogen (secondary N) is 3. The molecular weight excluding hydrogens is 404 g/mol. The number of carbonyl (C=O) groups excluding carboxylic acids is 6. The van der Waals surface area contributed by atoms with Crippen LogP contribution in [0.15, 0.2) is 60.7 Å². The fourth-order valence-corrected chi connectivity index (χ4v) is 2.99. The van der Waals surface area contributed by atoms with E-state index >= 15 is 0 Å². The highest BCUT2D eigenvalue weighted by Crippen LogP contribution is 2.23. The van der Waals surface area contributed by atoms with Crippen molar-refractivity contribution in [3.63, 3.8) is 0 Å². The second-order valence-corrected chi connectivity index (χ2v) is 6.65. The highest BCUT2D eigenvalue weighted by Gasteiger charge is 2.41. The van der Waals surface area contributed by atoms with E-state index in [0.717, 1.165) is 10.5 Å². The smallest absolute Gasteiger partial charge is 0.277 e. The van der Waals surface area contributed by atoms with Crippen molar-refractivity contribution >= 4 is 35.7 Å².